The highest BCUT2D eigenvalue weighted by Gasteiger charge is 1.97. The van der Waals surface area contributed by atoms with Crippen molar-refractivity contribution >= 4 is 0 Å². The van der Waals surface area contributed by atoms with Gasteiger partial charge < -0.3 is 4.57 Å². The monoisotopic (exact) mass is 148 g/mol. The van der Waals surface area contributed by atoms with E-state index in [0.29, 0.717) is 5.56 Å². The summed E-state index contributed by atoms with van der Waals surface area (Å²) in [6.45, 7) is 0. The van der Waals surface area contributed by atoms with Gasteiger partial charge in [0.1, 0.15) is 0 Å². The highest BCUT2D eigenvalue weighted by atomic mass is 16.1. The molecule has 0 aliphatic carbocycles. The first-order valence-electron chi connectivity index (χ1n) is 3.27. The van der Waals surface area contributed by atoms with Crippen LogP contribution in [0.15, 0.2) is 23.1 Å². The minimum atomic E-state index is -0.0888. The van der Waals surface area contributed by atoms with Crippen LogP contribution in [0, 0.1) is 11.3 Å². The van der Waals surface area contributed by atoms with Crippen LogP contribution in [-0.2, 0) is 13.5 Å². The SMILES string of the molecule is Cn1cccc(CC#N)c1=O. The lowest BCUT2D eigenvalue weighted by Crippen LogP contribution is -2.19. The lowest BCUT2D eigenvalue weighted by molar-refractivity contribution is 0.842. The van der Waals surface area contributed by atoms with E-state index in [9.17, 15) is 4.79 Å². The Morgan fingerprint density at radius 1 is 1.73 bits per heavy atom. The van der Waals surface area contributed by atoms with Crippen LogP contribution in [0.2, 0.25) is 0 Å². The first-order chi connectivity index (χ1) is 5.25. The summed E-state index contributed by atoms with van der Waals surface area (Å²) in [5.41, 5.74) is 0.464. The zero-order chi connectivity index (χ0) is 8.27. The molecular weight excluding hydrogens is 140 g/mol. The zero-order valence-corrected chi connectivity index (χ0v) is 6.24. The molecule has 0 unspecified atom stereocenters. The number of hydrogen-bond acceptors (Lipinski definition) is 2. The van der Waals surface area contributed by atoms with Crippen LogP contribution < -0.4 is 5.56 Å². The molecule has 0 radical (unpaired) electrons. The summed E-state index contributed by atoms with van der Waals surface area (Å²) in [5.74, 6) is 0. The highest BCUT2D eigenvalue weighted by molar-refractivity contribution is 5.13. The minimum absolute atomic E-state index is 0.0888. The minimum Gasteiger partial charge on any atom is -0.318 e. The van der Waals surface area contributed by atoms with Gasteiger partial charge in [-0.1, -0.05) is 6.07 Å². The molecule has 3 heteroatoms. The molecule has 0 saturated carbocycles. The molecule has 0 spiro atoms. The second-order valence-corrected chi connectivity index (χ2v) is 2.28. The average molecular weight is 148 g/mol. The second-order valence-electron chi connectivity index (χ2n) is 2.28. The van der Waals surface area contributed by atoms with Crippen LogP contribution in [0.3, 0.4) is 0 Å². The fourth-order valence-electron chi connectivity index (χ4n) is 0.874. The van der Waals surface area contributed by atoms with Crippen molar-refractivity contribution in [1.29, 1.82) is 5.26 Å². The van der Waals surface area contributed by atoms with Gasteiger partial charge in [-0.25, -0.2) is 0 Å². The van der Waals surface area contributed by atoms with Crippen LogP contribution in [0.4, 0.5) is 0 Å². The third-order valence-corrected chi connectivity index (χ3v) is 1.47. The number of aromatic nitrogens is 1. The summed E-state index contributed by atoms with van der Waals surface area (Å²) in [5, 5.41) is 8.34. The van der Waals surface area contributed by atoms with Crippen molar-refractivity contribution in [2.45, 2.75) is 6.42 Å². The van der Waals surface area contributed by atoms with Crippen molar-refractivity contribution in [3.8, 4) is 6.07 Å². The van der Waals surface area contributed by atoms with Gasteiger partial charge in [0.15, 0.2) is 0 Å². The first kappa shape index (κ1) is 7.55. The summed E-state index contributed by atoms with van der Waals surface area (Å²) >= 11 is 0. The largest absolute Gasteiger partial charge is 0.318 e. The molecule has 56 valence electrons. The molecule has 0 amide bonds. The van der Waals surface area contributed by atoms with Crippen LogP contribution in [0.1, 0.15) is 5.56 Å². The molecule has 0 aliphatic heterocycles. The van der Waals surface area contributed by atoms with Crippen LogP contribution in [0.5, 0.6) is 0 Å². The molecule has 3 nitrogen and oxygen atoms in total. The molecule has 0 N–H and O–H groups in total. The van der Waals surface area contributed by atoms with Crippen molar-refractivity contribution in [3.05, 3.63) is 34.2 Å². The maximum absolute atomic E-state index is 11.2. The Labute approximate surface area is 64.5 Å². The molecule has 11 heavy (non-hydrogen) atoms. The van der Waals surface area contributed by atoms with Crippen molar-refractivity contribution < 1.29 is 0 Å². The third kappa shape index (κ3) is 1.47. The van der Waals surface area contributed by atoms with E-state index in [1.54, 1.807) is 25.4 Å². The van der Waals surface area contributed by atoms with Gasteiger partial charge in [0.25, 0.3) is 5.56 Å². The van der Waals surface area contributed by atoms with Gasteiger partial charge in [-0.3, -0.25) is 4.79 Å². The molecule has 0 saturated heterocycles. The molecule has 1 aromatic rings. The lowest BCUT2D eigenvalue weighted by atomic mass is 10.2. The van der Waals surface area contributed by atoms with E-state index < -0.39 is 0 Å². The highest BCUT2D eigenvalue weighted by Crippen LogP contribution is 1.90. The van der Waals surface area contributed by atoms with Crippen LogP contribution >= 0.6 is 0 Å². The Hall–Kier alpha value is -1.56. The van der Waals surface area contributed by atoms with E-state index in [0.717, 1.165) is 0 Å². The molecule has 1 rings (SSSR count). The Morgan fingerprint density at radius 2 is 2.45 bits per heavy atom. The third-order valence-electron chi connectivity index (χ3n) is 1.47. The van der Waals surface area contributed by atoms with Gasteiger partial charge in [-0.15, -0.1) is 0 Å². The van der Waals surface area contributed by atoms with Crippen molar-refractivity contribution in [2.24, 2.45) is 7.05 Å². The van der Waals surface area contributed by atoms with E-state index in [1.165, 1.54) is 4.57 Å². The van der Waals surface area contributed by atoms with Gasteiger partial charge in [0.2, 0.25) is 0 Å². The molecule has 0 atom stereocenters. The number of aryl methyl sites for hydroxylation is 1. The lowest BCUT2D eigenvalue weighted by Gasteiger charge is -1.96. The summed E-state index contributed by atoms with van der Waals surface area (Å²) in [7, 11) is 1.67. The maximum atomic E-state index is 11.2. The van der Waals surface area contributed by atoms with Crippen molar-refractivity contribution in [2.75, 3.05) is 0 Å². The summed E-state index contributed by atoms with van der Waals surface area (Å²) in [6.07, 6.45) is 1.86. The Morgan fingerprint density at radius 3 is 3.09 bits per heavy atom. The van der Waals surface area contributed by atoms with Gasteiger partial charge in [-0.2, -0.15) is 5.26 Å². The number of hydrogen-bond donors (Lipinski definition) is 0. The fourth-order valence-corrected chi connectivity index (χ4v) is 0.874. The van der Waals surface area contributed by atoms with Crippen molar-refractivity contribution in [1.82, 2.24) is 4.57 Å². The van der Waals surface area contributed by atoms with E-state index in [4.69, 9.17) is 5.26 Å². The van der Waals surface area contributed by atoms with E-state index >= 15 is 0 Å². The smallest absolute Gasteiger partial charge is 0.254 e. The molecule has 0 fully saturated rings. The normalized spacial score (nSPS) is 9.09. The fraction of sp³-hybridized carbons (Fsp3) is 0.250. The van der Waals surface area contributed by atoms with Gasteiger partial charge in [-0.05, 0) is 6.07 Å². The van der Waals surface area contributed by atoms with Gasteiger partial charge in [0, 0.05) is 18.8 Å². The zero-order valence-electron chi connectivity index (χ0n) is 6.24. The van der Waals surface area contributed by atoms with E-state index in [2.05, 4.69) is 0 Å². The van der Waals surface area contributed by atoms with Gasteiger partial charge in [0.05, 0.1) is 12.5 Å². The number of pyridine rings is 1. The van der Waals surface area contributed by atoms with Crippen LogP contribution in [0.25, 0.3) is 0 Å². The van der Waals surface area contributed by atoms with E-state index in [1.807, 2.05) is 6.07 Å². The quantitative estimate of drug-likeness (QED) is 0.580. The molecule has 0 bridgehead atoms. The van der Waals surface area contributed by atoms with Crippen LogP contribution in [-0.4, -0.2) is 4.57 Å². The predicted molar refractivity (Wildman–Crippen MR) is 41.0 cm³/mol. The van der Waals surface area contributed by atoms with Gasteiger partial charge >= 0.3 is 0 Å². The standard InChI is InChI=1S/C8H8N2O/c1-10-6-2-3-7(4-5-9)8(10)11/h2-3,6H,4H2,1H3. The number of nitrogens with zero attached hydrogens (tertiary/aromatic N) is 2. The van der Waals surface area contributed by atoms with Crippen molar-refractivity contribution in [3.63, 3.8) is 0 Å². The molecular formula is C8H8N2O. The number of nitriles is 1. The molecule has 1 heterocycles. The molecule has 1 aromatic heterocycles. The second kappa shape index (κ2) is 3.02. The maximum Gasteiger partial charge on any atom is 0.254 e. The molecule has 0 aliphatic rings. The predicted octanol–water partition coefficient (Wildman–Crippen LogP) is 0.451. The molecule has 0 aromatic carbocycles. The first-order valence-corrected chi connectivity index (χ1v) is 3.27. The Kier molecular flexibility index (Phi) is 2.07. The summed E-state index contributed by atoms with van der Waals surface area (Å²) in [6, 6.07) is 5.37. The number of rotatable bonds is 1. The van der Waals surface area contributed by atoms with E-state index in [-0.39, 0.29) is 12.0 Å². The summed E-state index contributed by atoms with van der Waals surface area (Å²) in [4.78, 5) is 11.2. The topological polar surface area (TPSA) is 45.8 Å². The summed E-state index contributed by atoms with van der Waals surface area (Å²) < 4.78 is 1.46. The Balaban J connectivity index is 3.20. The average Bonchev–Trinajstić information content (AvgIpc) is 1.99. The Bertz CT molecular complexity index is 346.